The van der Waals surface area contributed by atoms with Crippen LogP contribution in [-0.4, -0.2) is 69.4 Å². The lowest BCUT2D eigenvalue weighted by atomic mass is 9.95. The van der Waals surface area contributed by atoms with Crippen LogP contribution >= 0.6 is 0 Å². The molecule has 0 aromatic carbocycles. The van der Waals surface area contributed by atoms with E-state index in [0.29, 0.717) is 6.29 Å². The summed E-state index contributed by atoms with van der Waals surface area (Å²) in [5.74, 6) is 0. The van der Waals surface area contributed by atoms with Gasteiger partial charge in [0, 0.05) is 11.8 Å². The van der Waals surface area contributed by atoms with Crippen LogP contribution in [0.1, 0.15) is 11.8 Å². The van der Waals surface area contributed by atoms with Crippen LogP contribution < -0.4 is 11.2 Å². The molecule has 1 saturated heterocycles. The van der Waals surface area contributed by atoms with E-state index in [1.165, 1.54) is 13.1 Å². The number of rotatable bonds is 4. The first-order valence-electron chi connectivity index (χ1n) is 6.69. The fourth-order valence-corrected chi connectivity index (χ4v) is 2.61. The molecule has 2 heterocycles. The number of aliphatic hydroxyl groups is 2. The van der Waals surface area contributed by atoms with Gasteiger partial charge < -0.3 is 14.9 Å². The molecule has 9 heteroatoms. The highest BCUT2D eigenvalue weighted by Gasteiger charge is 2.56. The minimum absolute atomic E-state index is 0.280. The molecular formula is C13H19N3O6. The Hall–Kier alpha value is -1.81. The first-order valence-corrected chi connectivity index (χ1v) is 6.69. The van der Waals surface area contributed by atoms with Crippen molar-refractivity contribution in [2.45, 2.75) is 30.9 Å². The average molecular weight is 313 g/mol. The van der Waals surface area contributed by atoms with Gasteiger partial charge in [0.1, 0.15) is 6.10 Å². The van der Waals surface area contributed by atoms with E-state index in [-0.39, 0.29) is 5.56 Å². The van der Waals surface area contributed by atoms with E-state index < -0.39 is 41.8 Å². The van der Waals surface area contributed by atoms with E-state index in [0.717, 1.165) is 4.57 Å². The van der Waals surface area contributed by atoms with Crippen molar-refractivity contribution in [2.24, 2.45) is 0 Å². The van der Waals surface area contributed by atoms with Gasteiger partial charge in [0.15, 0.2) is 18.1 Å². The average Bonchev–Trinajstić information content (AvgIpc) is 2.76. The third-order valence-electron chi connectivity index (χ3n) is 3.92. The maximum Gasteiger partial charge on any atom is 0.330 e. The van der Waals surface area contributed by atoms with Crippen molar-refractivity contribution < 1.29 is 19.7 Å². The number of carbonyl (C=O) groups excluding carboxylic acids is 1. The number of aromatic nitrogens is 2. The Kier molecular flexibility index (Phi) is 4.34. The zero-order valence-corrected chi connectivity index (χ0v) is 12.5. The molecule has 1 aliphatic heterocycles. The summed E-state index contributed by atoms with van der Waals surface area (Å²) in [6.45, 7) is 0.791. The van der Waals surface area contributed by atoms with E-state index in [1.54, 1.807) is 19.0 Å². The molecule has 3 N–H and O–H groups in total. The summed E-state index contributed by atoms with van der Waals surface area (Å²) in [4.78, 5) is 38.5. The summed E-state index contributed by atoms with van der Waals surface area (Å²) in [6, 6.07) is -0.764. The minimum atomic E-state index is -1.82. The van der Waals surface area contributed by atoms with Gasteiger partial charge in [-0.1, -0.05) is 0 Å². The Balaban J connectivity index is 2.58. The number of ether oxygens (including phenoxy) is 1. The molecule has 0 radical (unpaired) electrons. The molecule has 2 rings (SSSR count). The van der Waals surface area contributed by atoms with Gasteiger partial charge in [-0.2, -0.15) is 0 Å². The van der Waals surface area contributed by atoms with Crippen molar-refractivity contribution in [3.05, 3.63) is 32.6 Å². The van der Waals surface area contributed by atoms with Crippen molar-refractivity contribution in [1.82, 2.24) is 14.5 Å². The summed E-state index contributed by atoms with van der Waals surface area (Å²) in [5.41, 5.74) is -2.78. The summed E-state index contributed by atoms with van der Waals surface area (Å²) in [6.07, 6.45) is -0.745. The van der Waals surface area contributed by atoms with Gasteiger partial charge in [-0.3, -0.25) is 24.0 Å². The lowest BCUT2D eigenvalue weighted by Gasteiger charge is -2.28. The third-order valence-corrected chi connectivity index (χ3v) is 3.92. The predicted molar refractivity (Wildman–Crippen MR) is 75.5 cm³/mol. The summed E-state index contributed by atoms with van der Waals surface area (Å²) < 4.78 is 6.63. The number of hydrogen-bond donors (Lipinski definition) is 3. The summed E-state index contributed by atoms with van der Waals surface area (Å²) in [5, 5.41) is 19.8. The van der Waals surface area contributed by atoms with E-state index in [9.17, 15) is 24.6 Å². The zero-order chi connectivity index (χ0) is 16.7. The van der Waals surface area contributed by atoms with E-state index in [2.05, 4.69) is 4.98 Å². The highest BCUT2D eigenvalue weighted by molar-refractivity contribution is 5.65. The molecule has 9 nitrogen and oxygen atoms in total. The molecule has 1 aromatic rings. The van der Waals surface area contributed by atoms with Gasteiger partial charge in [0.05, 0.1) is 12.6 Å². The van der Waals surface area contributed by atoms with Crippen LogP contribution in [0.3, 0.4) is 0 Å². The fraction of sp³-hybridized carbons (Fsp3) is 0.615. The van der Waals surface area contributed by atoms with Crippen LogP contribution in [0.4, 0.5) is 0 Å². The molecule has 4 atom stereocenters. The Labute approximate surface area is 125 Å². The third kappa shape index (κ3) is 2.41. The normalized spacial score (nSPS) is 31.6. The summed E-state index contributed by atoms with van der Waals surface area (Å²) >= 11 is 0. The van der Waals surface area contributed by atoms with Crippen LogP contribution in [0, 0.1) is 6.92 Å². The standard InChI is InChI=1S/C13H19N3O6/c1-7-4-16(12(21)14-10(7)20)11-8(15(2)3)9(19)13(5-17,6-18)22-11/h4-5,8-9,11,18-19H,6H2,1-3H3,(H,14,20,21)/t8?,9?,11-,13?/m1/s1. The minimum Gasteiger partial charge on any atom is -0.393 e. The van der Waals surface area contributed by atoms with Crippen LogP contribution in [0.25, 0.3) is 0 Å². The molecule has 1 aliphatic rings. The number of aliphatic hydroxyl groups excluding tert-OH is 2. The first kappa shape index (κ1) is 16.6. The van der Waals surface area contributed by atoms with Crippen LogP contribution in [0.5, 0.6) is 0 Å². The molecule has 0 bridgehead atoms. The van der Waals surface area contributed by atoms with E-state index in [4.69, 9.17) is 4.74 Å². The van der Waals surface area contributed by atoms with Gasteiger partial charge in [0.25, 0.3) is 5.56 Å². The van der Waals surface area contributed by atoms with Gasteiger partial charge in [-0.15, -0.1) is 0 Å². The first-order chi connectivity index (χ1) is 10.3. The van der Waals surface area contributed by atoms with Gasteiger partial charge in [0.2, 0.25) is 0 Å². The van der Waals surface area contributed by atoms with Gasteiger partial charge in [-0.05, 0) is 21.0 Å². The number of H-pyrrole nitrogens is 1. The fourth-order valence-electron chi connectivity index (χ4n) is 2.61. The number of nitrogens with zero attached hydrogens (tertiary/aromatic N) is 2. The van der Waals surface area contributed by atoms with Gasteiger partial charge in [-0.25, -0.2) is 4.79 Å². The van der Waals surface area contributed by atoms with Crippen molar-refractivity contribution in [1.29, 1.82) is 0 Å². The number of likely N-dealkylation sites (N-methyl/N-ethyl adjacent to an activating group) is 1. The van der Waals surface area contributed by atoms with Crippen LogP contribution in [-0.2, 0) is 9.53 Å². The number of aldehydes is 1. The van der Waals surface area contributed by atoms with Gasteiger partial charge >= 0.3 is 5.69 Å². The topological polar surface area (TPSA) is 125 Å². The molecule has 22 heavy (non-hydrogen) atoms. The van der Waals surface area contributed by atoms with Crippen molar-refractivity contribution in [3.63, 3.8) is 0 Å². The van der Waals surface area contributed by atoms with E-state index in [1.807, 2.05) is 0 Å². The number of hydrogen-bond acceptors (Lipinski definition) is 7. The smallest absolute Gasteiger partial charge is 0.330 e. The second-order valence-corrected chi connectivity index (χ2v) is 5.62. The van der Waals surface area contributed by atoms with Crippen molar-refractivity contribution in [3.8, 4) is 0 Å². The highest BCUT2D eigenvalue weighted by atomic mass is 16.6. The Morgan fingerprint density at radius 2 is 2.14 bits per heavy atom. The maximum atomic E-state index is 12.0. The largest absolute Gasteiger partial charge is 0.393 e. The van der Waals surface area contributed by atoms with Crippen molar-refractivity contribution >= 4 is 6.29 Å². The molecule has 0 saturated carbocycles. The molecule has 0 amide bonds. The second-order valence-electron chi connectivity index (χ2n) is 5.62. The Morgan fingerprint density at radius 1 is 1.50 bits per heavy atom. The molecule has 0 aliphatic carbocycles. The number of aryl methyl sites for hydroxylation is 1. The monoisotopic (exact) mass is 313 g/mol. The quantitative estimate of drug-likeness (QED) is 0.529. The number of nitrogens with one attached hydrogen (secondary N) is 1. The zero-order valence-electron chi connectivity index (χ0n) is 12.5. The van der Waals surface area contributed by atoms with Crippen molar-refractivity contribution in [2.75, 3.05) is 20.7 Å². The lowest BCUT2D eigenvalue weighted by molar-refractivity contribution is -0.151. The second kappa shape index (κ2) is 5.76. The molecular weight excluding hydrogens is 294 g/mol. The highest BCUT2D eigenvalue weighted by Crippen LogP contribution is 2.37. The molecule has 122 valence electrons. The number of aromatic amines is 1. The molecule has 1 fully saturated rings. The maximum absolute atomic E-state index is 12.0. The molecule has 1 aromatic heterocycles. The molecule has 0 spiro atoms. The molecule has 3 unspecified atom stereocenters. The lowest BCUT2D eigenvalue weighted by Crippen LogP contribution is -2.51. The van der Waals surface area contributed by atoms with Crippen LogP contribution in [0.2, 0.25) is 0 Å². The van der Waals surface area contributed by atoms with Crippen LogP contribution in [0.15, 0.2) is 15.8 Å². The number of carbonyl (C=O) groups is 1. The van der Waals surface area contributed by atoms with E-state index >= 15 is 0 Å². The Morgan fingerprint density at radius 3 is 2.64 bits per heavy atom. The summed E-state index contributed by atoms with van der Waals surface area (Å²) in [7, 11) is 3.29. The SMILES string of the molecule is Cc1cn([C@@H]2OC(C=O)(CO)C(O)C2N(C)C)c(=O)[nH]c1=O. The predicted octanol–water partition coefficient (Wildman–Crippen LogP) is -2.41. The Bertz CT molecular complexity index is 681.